The minimum absolute atomic E-state index is 0.0605. The van der Waals surface area contributed by atoms with Crippen LogP contribution in [0, 0.1) is 21.7 Å². The third-order valence-electron chi connectivity index (χ3n) is 2.56. The Kier molecular flexibility index (Phi) is 4.29. The number of benzene rings is 1. The van der Waals surface area contributed by atoms with Gasteiger partial charge in [-0.05, 0) is 12.5 Å². The normalized spacial score (nSPS) is 10.8. The summed E-state index contributed by atoms with van der Waals surface area (Å²) in [6, 6.07) is 1.35. The first-order valence-corrected chi connectivity index (χ1v) is 6.21. The molecule has 0 fully saturated rings. The van der Waals surface area contributed by atoms with E-state index in [4.69, 9.17) is 16.0 Å². The van der Waals surface area contributed by atoms with Gasteiger partial charge in [0, 0.05) is 12.3 Å². The predicted molar refractivity (Wildman–Crippen MR) is 67.6 cm³/mol. The number of halogens is 3. The molecule has 0 unspecified atom stereocenters. The van der Waals surface area contributed by atoms with Gasteiger partial charge in [-0.15, -0.1) is 11.6 Å². The maximum atomic E-state index is 13.9. The van der Waals surface area contributed by atoms with E-state index >= 15 is 0 Å². The van der Waals surface area contributed by atoms with Gasteiger partial charge in [-0.3, -0.25) is 10.1 Å². The number of hydrogen-bond acceptors (Lipinski definition) is 4. The Bertz CT molecular complexity index is 646. The lowest BCUT2D eigenvalue weighted by molar-refractivity contribution is -0.387. The fourth-order valence-electron chi connectivity index (χ4n) is 1.66. The van der Waals surface area contributed by atoms with Gasteiger partial charge in [0.15, 0.2) is 11.7 Å². The van der Waals surface area contributed by atoms with Crippen LogP contribution in [0.4, 0.5) is 14.5 Å². The summed E-state index contributed by atoms with van der Waals surface area (Å²) in [6.45, 7) is 0. The molecule has 0 radical (unpaired) electrons. The van der Waals surface area contributed by atoms with Crippen LogP contribution < -0.4 is 0 Å². The molecule has 106 valence electrons. The minimum Gasteiger partial charge on any atom is -0.441 e. The zero-order valence-corrected chi connectivity index (χ0v) is 10.9. The molecule has 0 atom stereocenters. The van der Waals surface area contributed by atoms with Crippen molar-refractivity contribution in [1.29, 1.82) is 0 Å². The number of hydrogen-bond donors (Lipinski definition) is 0. The maximum Gasteiger partial charge on any atom is 0.308 e. The molecule has 2 rings (SSSR count). The molecule has 0 N–H and O–H groups in total. The molecule has 0 aliphatic heterocycles. The van der Waals surface area contributed by atoms with Gasteiger partial charge in [0.2, 0.25) is 5.82 Å². The third kappa shape index (κ3) is 2.93. The number of nitrogens with zero attached hydrogens (tertiary/aromatic N) is 2. The highest BCUT2D eigenvalue weighted by Crippen LogP contribution is 2.30. The fourth-order valence-corrected chi connectivity index (χ4v) is 1.79. The largest absolute Gasteiger partial charge is 0.441 e. The number of oxazole rings is 1. The summed E-state index contributed by atoms with van der Waals surface area (Å²) in [5, 5.41) is 10.6. The molecule has 2 aromatic rings. The Morgan fingerprint density at radius 2 is 2.15 bits per heavy atom. The Morgan fingerprint density at radius 1 is 1.40 bits per heavy atom. The molecule has 0 spiro atoms. The third-order valence-corrected chi connectivity index (χ3v) is 2.83. The van der Waals surface area contributed by atoms with Gasteiger partial charge in [0.25, 0.3) is 0 Å². The molecule has 0 aliphatic carbocycles. The lowest BCUT2D eigenvalue weighted by atomic mass is 10.1. The monoisotopic (exact) mass is 302 g/mol. The van der Waals surface area contributed by atoms with Crippen LogP contribution in [0.15, 0.2) is 22.7 Å². The van der Waals surface area contributed by atoms with E-state index < -0.39 is 22.2 Å². The van der Waals surface area contributed by atoms with Crippen molar-refractivity contribution in [2.75, 3.05) is 5.88 Å². The van der Waals surface area contributed by atoms with Crippen LogP contribution >= 0.6 is 11.6 Å². The zero-order chi connectivity index (χ0) is 14.7. The van der Waals surface area contributed by atoms with Crippen LogP contribution in [0.3, 0.4) is 0 Å². The first-order chi connectivity index (χ1) is 9.52. The summed E-state index contributed by atoms with van der Waals surface area (Å²) in [6.07, 6.45) is 2.26. The van der Waals surface area contributed by atoms with Crippen molar-refractivity contribution < 1.29 is 18.1 Å². The van der Waals surface area contributed by atoms with E-state index in [1.165, 1.54) is 6.20 Å². The Labute approximate surface area is 117 Å². The van der Waals surface area contributed by atoms with E-state index in [-0.39, 0.29) is 11.3 Å². The average molecular weight is 303 g/mol. The van der Waals surface area contributed by atoms with Gasteiger partial charge in [-0.2, -0.15) is 4.39 Å². The van der Waals surface area contributed by atoms with Gasteiger partial charge in [0.1, 0.15) is 5.82 Å². The molecule has 20 heavy (non-hydrogen) atoms. The second-order valence-corrected chi connectivity index (χ2v) is 4.33. The molecule has 1 heterocycles. The smallest absolute Gasteiger partial charge is 0.308 e. The molecular weight excluding hydrogens is 294 g/mol. The van der Waals surface area contributed by atoms with Gasteiger partial charge < -0.3 is 4.42 Å². The molecule has 1 aromatic heterocycles. The van der Waals surface area contributed by atoms with Gasteiger partial charge >= 0.3 is 5.69 Å². The molecule has 0 amide bonds. The number of aromatic nitrogens is 1. The summed E-state index contributed by atoms with van der Waals surface area (Å²) in [4.78, 5) is 13.5. The van der Waals surface area contributed by atoms with E-state index in [0.717, 1.165) is 6.07 Å². The quantitative estimate of drug-likeness (QED) is 0.480. The number of alkyl halides is 1. The van der Waals surface area contributed by atoms with Crippen LogP contribution in [0.1, 0.15) is 12.3 Å². The van der Waals surface area contributed by atoms with Crippen molar-refractivity contribution in [3.8, 4) is 11.3 Å². The number of aryl methyl sites for hydroxylation is 1. The van der Waals surface area contributed by atoms with Crippen molar-refractivity contribution in [2.24, 2.45) is 0 Å². The average Bonchev–Trinajstić information content (AvgIpc) is 2.87. The van der Waals surface area contributed by atoms with Crippen molar-refractivity contribution in [1.82, 2.24) is 4.98 Å². The van der Waals surface area contributed by atoms with Crippen molar-refractivity contribution >= 4 is 17.3 Å². The topological polar surface area (TPSA) is 69.2 Å². The highest BCUT2D eigenvalue weighted by Gasteiger charge is 2.23. The molecule has 0 bridgehead atoms. The highest BCUT2D eigenvalue weighted by atomic mass is 35.5. The summed E-state index contributed by atoms with van der Waals surface area (Å²) in [5.74, 6) is -1.41. The molecule has 5 nitrogen and oxygen atoms in total. The number of rotatable bonds is 5. The van der Waals surface area contributed by atoms with Crippen LogP contribution in [-0.4, -0.2) is 15.8 Å². The fraction of sp³-hybridized carbons (Fsp3) is 0.250. The second kappa shape index (κ2) is 5.96. The maximum absolute atomic E-state index is 13.9. The minimum atomic E-state index is -1.16. The van der Waals surface area contributed by atoms with E-state index in [9.17, 15) is 18.9 Å². The molecule has 0 aliphatic rings. The van der Waals surface area contributed by atoms with Crippen LogP contribution in [0.2, 0.25) is 0 Å². The first kappa shape index (κ1) is 14.4. The van der Waals surface area contributed by atoms with E-state index in [1.54, 1.807) is 0 Å². The molecule has 8 heteroatoms. The van der Waals surface area contributed by atoms with Crippen LogP contribution in [-0.2, 0) is 6.42 Å². The predicted octanol–water partition coefficient (Wildman–Crippen LogP) is 3.70. The lowest BCUT2D eigenvalue weighted by Crippen LogP contribution is -1.96. The van der Waals surface area contributed by atoms with E-state index in [2.05, 4.69) is 4.98 Å². The summed E-state index contributed by atoms with van der Waals surface area (Å²) in [5.41, 5.74) is -1.28. The van der Waals surface area contributed by atoms with E-state index in [1.807, 2.05) is 0 Å². The highest BCUT2D eigenvalue weighted by molar-refractivity contribution is 6.17. The van der Waals surface area contributed by atoms with Gasteiger partial charge in [0.05, 0.1) is 22.7 Å². The number of nitro groups is 1. The van der Waals surface area contributed by atoms with Crippen molar-refractivity contribution in [3.05, 3.63) is 46.0 Å². The molecule has 0 saturated heterocycles. The molecule has 0 saturated carbocycles. The summed E-state index contributed by atoms with van der Waals surface area (Å²) >= 11 is 5.52. The van der Waals surface area contributed by atoms with Crippen LogP contribution in [0.25, 0.3) is 11.3 Å². The SMILES string of the molecule is O=[N+]([O-])c1cc(F)cc(-c2cnc(CCCCl)o2)c1F. The Morgan fingerprint density at radius 3 is 2.80 bits per heavy atom. The molecular formula is C12H9ClF2N2O3. The van der Waals surface area contributed by atoms with Crippen molar-refractivity contribution in [3.63, 3.8) is 0 Å². The summed E-state index contributed by atoms with van der Waals surface area (Å²) in [7, 11) is 0. The molecule has 1 aromatic carbocycles. The second-order valence-electron chi connectivity index (χ2n) is 3.95. The van der Waals surface area contributed by atoms with Gasteiger partial charge in [-0.1, -0.05) is 0 Å². The Balaban J connectivity index is 2.42. The van der Waals surface area contributed by atoms with Crippen LogP contribution in [0.5, 0.6) is 0 Å². The van der Waals surface area contributed by atoms with E-state index in [0.29, 0.717) is 30.7 Å². The standard InChI is InChI=1S/C12H9ClF2N2O3/c13-3-1-2-11-16-6-10(20-11)8-4-7(14)5-9(12(8)15)17(18)19/h4-6H,1-3H2. The zero-order valence-electron chi connectivity index (χ0n) is 10.1. The van der Waals surface area contributed by atoms with Gasteiger partial charge in [-0.25, -0.2) is 9.37 Å². The summed E-state index contributed by atoms with van der Waals surface area (Å²) < 4.78 is 32.5. The first-order valence-electron chi connectivity index (χ1n) is 5.67. The number of nitro benzene ring substituents is 1. The lowest BCUT2D eigenvalue weighted by Gasteiger charge is -2.01. The van der Waals surface area contributed by atoms with Crippen molar-refractivity contribution in [2.45, 2.75) is 12.8 Å². The Hall–Kier alpha value is -2.02.